The van der Waals surface area contributed by atoms with Crippen molar-refractivity contribution in [2.75, 3.05) is 7.11 Å². The van der Waals surface area contributed by atoms with Crippen molar-refractivity contribution in [2.45, 2.75) is 24.3 Å². The van der Waals surface area contributed by atoms with E-state index in [-0.39, 0.29) is 11.2 Å². The normalized spacial score (nSPS) is 12.2. The molecule has 0 aliphatic rings. The minimum atomic E-state index is -0.156. The quantitative estimate of drug-likeness (QED) is 0.756. The number of carbonyl (C=O) groups is 1. The summed E-state index contributed by atoms with van der Waals surface area (Å²) in [6.07, 6.45) is 0.453. The molecule has 16 heavy (non-hydrogen) atoms. The second kappa shape index (κ2) is 6.81. The number of benzene rings is 1. The van der Waals surface area contributed by atoms with Crippen LogP contribution in [0.1, 0.15) is 18.9 Å². The van der Waals surface area contributed by atoms with Crippen molar-refractivity contribution in [1.82, 2.24) is 0 Å². The Morgan fingerprint density at radius 2 is 2.06 bits per heavy atom. The summed E-state index contributed by atoms with van der Waals surface area (Å²) in [7, 11) is 1.42. The molecule has 1 atom stereocenters. The highest BCUT2D eigenvalue weighted by Crippen LogP contribution is 2.21. The van der Waals surface area contributed by atoms with E-state index in [2.05, 4.69) is 4.74 Å². The fourth-order valence-corrected chi connectivity index (χ4v) is 2.25. The largest absolute Gasteiger partial charge is 0.469 e. The Kier molecular flexibility index (Phi) is 5.71. The first kappa shape index (κ1) is 13.4. The Hall–Kier alpha value is -0.670. The molecule has 0 aliphatic carbocycles. The summed E-state index contributed by atoms with van der Waals surface area (Å²) < 4.78 is 4.62. The van der Waals surface area contributed by atoms with Gasteiger partial charge in [-0.2, -0.15) is 11.8 Å². The van der Waals surface area contributed by atoms with Crippen LogP contribution in [-0.2, 0) is 15.3 Å². The molecule has 0 saturated heterocycles. The number of thioether (sulfide) groups is 1. The van der Waals surface area contributed by atoms with Gasteiger partial charge in [-0.15, -0.1) is 0 Å². The van der Waals surface area contributed by atoms with Crippen molar-refractivity contribution in [3.05, 3.63) is 34.9 Å². The molecule has 2 nitrogen and oxygen atoms in total. The Bertz CT molecular complexity index is 337. The van der Waals surface area contributed by atoms with Gasteiger partial charge in [-0.3, -0.25) is 4.79 Å². The molecule has 0 aliphatic heterocycles. The van der Waals surface area contributed by atoms with Crippen molar-refractivity contribution in [1.29, 1.82) is 0 Å². The van der Waals surface area contributed by atoms with Gasteiger partial charge < -0.3 is 4.74 Å². The summed E-state index contributed by atoms with van der Waals surface area (Å²) in [6.45, 7) is 2.03. The molecule has 0 heterocycles. The minimum Gasteiger partial charge on any atom is -0.469 e. The molecule has 1 aromatic rings. The summed E-state index contributed by atoms with van der Waals surface area (Å²) in [4.78, 5) is 11.0. The second-order valence-electron chi connectivity index (χ2n) is 3.53. The monoisotopic (exact) mass is 258 g/mol. The van der Waals surface area contributed by atoms with Crippen molar-refractivity contribution < 1.29 is 9.53 Å². The molecule has 4 heteroatoms. The van der Waals surface area contributed by atoms with E-state index in [9.17, 15) is 4.79 Å². The summed E-state index contributed by atoms with van der Waals surface area (Å²) in [5, 5.41) is 1.01. The van der Waals surface area contributed by atoms with E-state index in [1.807, 2.05) is 31.2 Å². The van der Waals surface area contributed by atoms with Crippen molar-refractivity contribution in [3.63, 3.8) is 0 Å². The molecule has 88 valence electrons. The van der Waals surface area contributed by atoms with Gasteiger partial charge in [-0.1, -0.05) is 30.7 Å². The average molecular weight is 259 g/mol. The third-order valence-corrected chi connectivity index (χ3v) is 3.62. The number of rotatable bonds is 5. The molecule has 0 radical (unpaired) electrons. The molecule has 1 aromatic carbocycles. The Morgan fingerprint density at radius 1 is 1.44 bits per heavy atom. The van der Waals surface area contributed by atoms with Gasteiger partial charge >= 0.3 is 5.97 Å². The van der Waals surface area contributed by atoms with E-state index in [4.69, 9.17) is 11.6 Å². The SMILES string of the molecule is COC(=O)CC(C)SCc1ccc(Cl)cc1. The van der Waals surface area contributed by atoms with Gasteiger partial charge in [0.1, 0.15) is 0 Å². The lowest BCUT2D eigenvalue weighted by atomic mass is 10.2. The minimum absolute atomic E-state index is 0.156. The van der Waals surface area contributed by atoms with Crippen molar-refractivity contribution in [3.8, 4) is 0 Å². The highest BCUT2D eigenvalue weighted by molar-refractivity contribution is 7.99. The fourth-order valence-electron chi connectivity index (χ4n) is 1.20. The highest BCUT2D eigenvalue weighted by Gasteiger charge is 2.09. The molecule has 0 saturated carbocycles. The first-order valence-electron chi connectivity index (χ1n) is 5.04. The predicted octanol–water partition coefficient (Wildman–Crippen LogP) is 3.52. The lowest BCUT2D eigenvalue weighted by Gasteiger charge is -2.09. The Morgan fingerprint density at radius 3 is 2.62 bits per heavy atom. The van der Waals surface area contributed by atoms with Crippen LogP contribution in [0.5, 0.6) is 0 Å². The third kappa shape index (κ3) is 4.90. The maximum atomic E-state index is 11.0. The molecule has 1 rings (SSSR count). The molecule has 0 fully saturated rings. The van der Waals surface area contributed by atoms with E-state index in [1.54, 1.807) is 11.8 Å². The average Bonchev–Trinajstić information content (AvgIpc) is 2.28. The van der Waals surface area contributed by atoms with Crippen LogP contribution < -0.4 is 0 Å². The lowest BCUT2D eigenvalue weighted by Crippen LogP contribution is -2.08. The molecule has 0 amide bonds. The number of esters is 1. The van der Waals surface area contributed by atoms with E-state index in [0.717, 1.165) is 10.8 Å². The molecule has 0 bridgehead atoms. The number of hydrogen-bond acceptors (Lipinski definition) is 3. The van der Waals surface area contributed by atoms with Crippen LogP contribution in [0.15, 0.2) is 24.3 Å². The van der Waals surface area contributed by atoms with Crippen LogP contribution >= 0.6 is 23.4 Å². The third-order valence-electron chi connectivity index (χ3n) is 2.13. The lowest BCUT2D eigenvalue weighted by molar-refractivity contribution is -0.140. The summed E-state index contributed by atoms with van der Waals surface area (Å²) in [5.41, 5.74) is 1.21. The Labute approximate surface area is 105 Å². The van der Waals surface area contributed by atoms with Crippen LogP contribution in [0.25, 0.3) is 0 Å². The summed E-state index contributed by atoms with van der Waals surface area (Å²) in [5.74, 6) is 0.728. The summed E-state index contributed by atoms with van der Waals surface area (Å²) in [6, 6.07) is 7.76. The zero-order valence-electron chi connectivity index (χ0n) is 9.40. The Balaban J connectivity index is 2.34. The van der Waals surface area contributed by atoms with Gasteiger partial charge in [0.25, 0.3) is 0 Å². The van der Waals surface area contributed by atoms with E-state index in [0.29, 0.717) is 6.42 Å². The predicted molar refractivity (Wildman–Crippen MR) is 68.8 cm³/mol. The molecule has 1 unspecified atom stereocenters. The summed E-state index contributed by atoms with van der Waals surface area (Å²) >= 11 is 7.53. The van der Waals surface area contributed by atoms with Crippen molar-refractivity contribution in [2.24, 2.45) is 0 Å². The van der Waals surface area contributed by atoms with Gasteiger partial charge in [0, 0.05) is 16.0 Å². The van der Waals surface area contributed by atoms with Gasteiger partial charge in [0.2, 0.25) is 0 Å². The van der Waals surface area contributed by atoms with E-state index < -0.39 is 0 Å². The number of halogens is 1. The molecule has 0 spiro atoms. The van der Waals surface area contributed by atoms with Gasteiger partial charge in [0.05, 0.1) is 13.5 Å². The maximum absolute atomic E-state index is 11.0. The fraction of sp³-hybridized carbons (Fsp3) is 0.417. The number of hydrogen-bond donors (Lipinski definition) is 0. The smallest absolute Gasteiger partial charge is 0.306 e. The first-order valence-corrected chi connectivity index (χ1v) is 6.47. The zero-order valence-corrected chi connectivity index (χ0v) is 11.0. The van der Waals surface area contributed by atoms with E-state index >= 15 is 0 Å². The topological polar surface area (TPSA) is 26.3 Å². The van der Waals surface area contributed by atoms with Crippen LogP contribution in [0.4, 0.5) is 0 Å². The second-order valence-corrected chi connectivity index (χ2v) is 5.39. The van der Waals surface area contributed by atoms with Gasteiger partial charge in [0.15, 0.2) is 0 Å². The number of carbonyl (C=O) groups excluding carboxylic acids is 1. The van der Waals surface area contributed by atoms with Crippen LogP contribution in [0, 0.1) is 0 Å². The van der Waals surface area contributed by atoms with Gasteiger partial charge in [-0.05, 0) is 17.7 Å². The molecule has 0 aromatic heterocycles. The van der Waals surface area contributed by atoms with Gasteiger partial charge in [-0.25, -0.2) is 0 Å². The highest BCUT2D eigenvalue weighted by atomic mass is 35.5. The molecule has 0 N–H and O–H groups in total. The first-order chi connectivity index (χ1) is 7.61. The van der Waals surface area contributed by atoms with Crippen LogP contribution in [0.3, 0.4) is 0 Å². The standard InChI is InChI=1S/C12H15ClO2S/c1-9(7-12(14)15-2)16-8-10-3-5-11(13)6-4-10/h3-6,9H,7-8H2,1-2H3. The number of ether oxygens (including phenoxy) is 1. The van der Waals surface area contributed by atoms with E-state index in [1.165, 1.54) is 12.7 Å². The van der Waals surface area contributed by atoms with Crippen LogP contribution in [0.2, 0.25) is 5.02 Å². The number of methoxy groups -OCH3 is 1. The maximum Gasteiger partial charge on any atom is 0.306 e. The van der Waals surface area contributed by atoms with Crippen LogP contribution in [-0.4, -0.2) is 18.3 Å². The molecular weight excluding hydrogens is 244 g/mol. The van der Waals surface area contributed by atoms with Crippen molar-refractivity contribution >= 4 is 29.3 Å². The zero-order chi connectivity index (χ0) is 12.0. The molecular formula is C12H15ClO2S.